The summed E-state index contributed by atoms with van der Waals surface area (Å²) in [5.41, 5.74) is 5.28. The fraction of sp³-hybridized carbons (Fsp3) is 0.250. The van der Waals surface area contributed by atoms with Gasteiger partial charge in [-0.15, -0.1) is 0 Å². The summed E-state index contributed by atoms with van der Waals surface area (Å²) in [5, 5.41) is 0. The Bertz CT molecular complexity index is 803. The first-order valence-electron chi connectivity index (χ1n) is 6.77. The third kappa shape index (κ3) is 2.42. The number of imidazole rings is 1. The lowest BCUT2D eigenvalue weighted by atomic mass is 10.1. The van der Waals surface area contributed by atoms with Crippen LogP contribution in [0.3, 0.4) is 0 Å². The molecule has 0 saturated carbocycles. The highest BCUT2D eigenvalue weighted by molar-refractivity contribution is 9.10. The van der Waals surface area contributed by atoms with Gasteiger partial charge in [0.1, 0.15) is 0 Å². The van der Waals surface area contributed by atoms with Crippen LogP contribution in [0.4, 0.5) is 5.69 Å². The average Bonchev–Trinajstić information content (AvgIpc) is 2.89. The molecule has 0 atom stereocenters. The van der Waals surface area contributed by atoms with Crippen molar-refractivity contribution in [2.45, 2.75) is 13.8 Å². The molecule has 21 heavy (non-hydrogen) atoms. The van der Waals surface area contributed by atoms with Crippen molar-refractivity contribution in [2.24, 2.45) is 0 Å². The Hall–Kier alpha value is -1.88. The molecular formula is C16H17BrN4. The molecule has 0 aliphatic heterocycles. The molecule has 1 aromatic carbocycles. The van der Waals surface area contributed by atoms with Crippen molar-refractivity contribution in [1.29, 1.82) is 0 Å². The van der Waals surface area contributed by atoms with E-state index in [0.717, 1.165) is 32.9 Å². The smallest absolute Gasteiger partial charge is 0.234 e. The van der Waals surface area contributed by atoms with Crippen LogP contribution in [-0.2, 0) is 0 Å². The molecule has 0 bridgehead atoms. The van der Waals surface area contributed by atoms with Gasteiger partial charge in [-0.2, -0.15) is 0 Å². The van der Waals surface area contributed by atoms with E-state index in [2.05, 4.69) is 62.0 Å². The molecule has 5 heteroatoms. The Morgan fingerprint density at radius 3 is 2.33 bits per heavy atom. The monoisotopic (exact) mass is 344 g/mol. The molecule has 0 unspecified atom stereocenters. The van der Waals surface area contributed by atoms with Gasteiger partial charge in [-0.3, -0.25) is 4.40 Å². The fourth-order valence-corrected chi connectivity index (χ4v) is 2.61. The van der Waals surface area contributed by atoms with Gasteiger partial charge in [0.05, 0.1) is 15.9 Å². The van der Waals surface area contributed by atoms with E-state index in [4.69, 9.17) is 0 Å². The number of aryl methyl sites for hydroxylation is 2. The first-order valence-corrected chi connectivity index (χ1v) is 7.56. The Kier molecular flexibility index (Phi) is 3.45. The molecule has 2 aromatic heterocycles. The summed E-state index contributed by atoms with van der Waals surface area (Å²) in [6.07, 6.45) is 2.03. The van der Waals surface area contributed by atoms with Crippen molar-refractivity contribution in [2.75, 3.05) is 19.0 Å². The van der Waals surface area contributed by atoms with Crippen LogP contribution >= 0.6 is 15.9 Å². The van der Waals surface area contributed by atoms with Gasteiger partial charge in [0.15, 0.2) is 0 Å². The van der Waals surface area contributed by atoms with Crippen molar-refractivity contribution in [1.82, 2.24) is 14.4 Å². The van der Waals surface area contributed by atoms with Gasteiger partial charge in [0, 0.05) is 37.2 Å². The minimum absolute atomic E-state index is 0.736. The lowest BCUT2D eigenvalue weighted by Crippen LogP contribution is -2.07. The summed E-state index contributed by atoms with van der Waals surface area (Å²) in [6.45, 7) is 4.05. The number of hydrogen-bond donors (Lipinski definition) is 0. The maximum atomic E-state index is 4.64. The van der Waals surface area contributed by atoms with Gasteiger partial charge in [0.2, 0.25) is 5.78 Å². The van der Waals surface area contributed by atoms with Crippen LogP contribution in [0, 0.1) is 13.8 Å². The van der Waals surface area contributed by atoms with Crippen LogP contribution in [0.25, 0.3) is 17.0 Å². The topological polar surface area (TPSA) is 33.4 Å². The second-order valence-corrected chi connectivity index (χ2v) is 6.13. The van der Waals surface area contributed by atoms with Crippen LogP contribution in [0.2, 0.25) is 0 Å². The zero-order valence-electron chi connectivity index (χ0n) is 12.6. The highest BCUT2D eigenvalue weighted by atomic mass is 79.9. The standard InChI is InChI=1S/C16H17BrN4/c1-10-15(17)11(2)21-9-14(19-16(21)18-10)12-5-7-13(8-6-12)20(3)4/h5-9H,1-4H3. The van der Waals surface area contributed by atoms with Crippen molar-refractivity contribution >= 4 is 27.4 Å². The van der Waals surface area contributed by atoms with Crippen LogP contribution in [0.5, 0.6) is 0 Å². The summed E-state index contributed by atoms with van der Waals surface area (Å²) in [6, 6.07) is 8.38. The number of benzene rings is 1. The number of rotatable bonds is 2. The summed E-state index contributed by atoms with van der Waals surface area (Å²) < 4.78 is 3.05. The molecule has 0 amide bonds. The third-order valence-electron chi connectivity index (χ3n) is 3.63. The highest BCUT2D eigenvalue weighted by Gasteiger charge is 2.11. The summed E-state index contributed by atoms with van der Waals surface area (Å²) in [7, 11) is 4.07. The van der Waals surface area contributed by atoms with E-state index in [1.807, 2.05) is 31.6 Å². The number of hydrogen-bond acceptors (Lipinski definition) is 3. The van der Waals surface area contributed by atoms with Crippen molar-refractivity contribution in [3.8, 4) is 11.3 Å². The van der Waals surface area contributed by atoms with Crippen LogP contribution in [-0.4, -0.2) is 28.5 Å². The number of nitrogens with zero attached hydrogens (tertiary/aromatic N) is 4. The normalized spacial score (nSPS) is 11.1. The SMILES string of the molecule is Cc1nc2nc(-c3ccc(N(C)C)cc3)cn2c(C)c1Br. The maximum absolute atomic E-state index is 4.64. The Morgan fingerprint density at radius 1 is 1.05 bits per heavy atom. The molecule has 3 rings (SSSR count). The van der Waals surface area contributed by atoms with Gasteiger partial charge in [-0.25, -0.2) is 9.97 Å². The van der Waals surface area contributed by atoms with E-state index < -0.39 is 0 Å². The Morgan fingerprint density at radius 2 is 1.71 bits per heavy atom. The number of fused-ring (bicyclic) bond motifs is 1. The quantitative estimate of drug-likeness (QED) is 0.708. The largest absolute Gasteiger partial charge is 0.378 e. The summed E-state index contributed by atoms with van der Waals surface area (Å²) in [4.78, 5) is 11.2. The van der Waals surface area contributed by atoms with Crippen molar-refractivity contribution in [3.05, 3.63) is 46.3 Å². The van der Waals surface area contributed by atoms with E-state index in [1.165, 1.54) is 5.69 Å². The minimum atomic E-state index is 0.736. The van der Waals surface area contributed by atoms with Crippen molar-refractivity contribution in [3.63, 3.8) is 0 Å². The molecule has 3 aromatic rings. The molecule has 0 fully saturated rings. The zero-order chi connectivity index (χ0) is 15.1. The molecule has 0 radical (unpaired) electrons. The van der Waals surface area contributed by atoms with Crippen LogP contribution < -0.4 is 4.90 Å². The lowest BCUT2D eigenvalue weighted by Gasteiger charge is -2.12. The van der Waals surface area contributed by atoms with Crippen LogP contribution in [0.1, 0.15) is 11.4 Å². The van der Waals surface area contributed by atoms with E-state index in [-0.39, 0.29) is 0 Å². The number of anilines is 1. The maximum Gasteiger partial charge on any atom is 0.234 e. The summed E-state index contributed by atoms with van der Waals surface area (Å²) in [5.74, 6) is 0.736. The predicted octanol–water partition coefficient (Wildman–Crippen LogP) is 3.84. The number of aromatic nitrogens is 3. The molecule has 0 aliphatic carbocycles. The molecule has 108 valence electrons. The van der Waals surface area contributed by atoms with E-state index in [0.29, 0.717) is 0 Å². The highest BCUT2D eigenvalue weighted by Crippen LogP contribution is 2.25. The molecule has 0 N–H and O–H groups in total. The second kappa shape index (κ2) is 5.15. The van der Waals surface area contributed by atoms with Crippen LogP contribution in [0.15, 0.2) is 34.9 Å². The fourth-order valence-electron chi connectivity index (χ4n) is 2.33. The van der Waals surface area contributed by atoms with E-state index in [9.17, 15) is 0 Å². The molecule has 4 nitrogen and oxygen atoms in total. The van der Waals surface area contributed by atoms with Gasteiger partial charge < -0.3 is 4.90 Å². The average molecular weight is 345 g/mol. The van der Waals surface area contributed by atoms with Crippen molar-refractivity contribution < 1.29 is 0 Å². The minimum Gasteiger partial charge on any atom is -0.378 e. The van der Waals surface area contributed by atoms with Gasteiger partial charge >= 0.3 is 0 Å². The summed E-state index contributed by atoms with van der Waals surface area (Å²) >= 11 is 3.57. The van der Waals surface area contributed by atoms with E-state index in [1.54, 1.807) is 0 Å². The lowest BCUT2D eigenvalue weighted by molar-refractivity contribution is 0.996. The second-order valence-electron chi connectivity index (χ2n) is 5.33. The Balaban J connectivity index is 2.11. The zero-order valence-corrected chi connectivity index (χ0v) is 14.1. The third-order valence-corrected chi connectivity index (χ3v) is 4.78. The molecule has 2 heterocycles. The molecule has 0 saturated heterocycles. The predicted molar refractivity (Wildman–Crippen MR) is 89.9 cm³/mol. The molecule has 0 aliphatic rings. The number of halogens is 1. The first-order chi connectivity index (χ1) is 9.97. The van der Waals surface area contributed by atoms with E-state index >= 15 is 0 Å². The van der Waals surface area contributed by atoms with Gasteiger partial charge in [-0.05, 0) is 41.9 Å². The van der Waals surface area contributed by atoms with Gasteiger partial charge in [0.25, 0.3) is 0 Å². The Labute approximate surface area is 132 Å². The van der Waals surface area contributed by atoms with Gasteiger partial charge in [-0.1, -0.05) is 12.1 Å². The molecule has 0 spiro atoms. The molecular weight excluding hydrogens is 328 g/mol. The first kappa shape index (κ1) is 14.1.